The first kappa shape index (κ1) is 13.3. The number of aromatic nitrogens is 1. The van der Waals surface area contributed by atoms with Crippen molar-refractivity contribution >= 4 is 17.7 Å². The molecule has 6 nitrogen and oxygen atoms in total. The van der Waals surface area contributed by atoms with E-state index in [9.17, 15) is 14.7 Å². The first-order valence-electron chi connectivity index (χ1n) is 6.31. The summed E-state index contributed by atoms with van der Waals surface area (Å²) in [6.45, 7) is 0. The summed E-state index contributed by atoms with van der Waals surface area (Å²) in [5.74, 6) is -0.952. The molecule has 0 aromatic carbocycles. The van der Waals surface area contributed by atoms with Crippen LogP contribution in [0.3, 0.4) is 0 Å². The number of carboxylic acids is 1. The maximum atomic E-state index is 11.5. The quantitative estimate of drug-likeness (QED) is 0.761. The van der Waals surface area contributed by atoms with Crippen LogP contribution in [-0.2, 0) is 4.79 Å². The number of amides is 1. The maximum Gasteiger partial charge on any atom is 0.329 e. The normalized spacial score (nSPS) is 17.7. The Labute approximate surface area is 111 Å². The molecule has 1 fully saturated rings. The average Bonchev–Trinajstić information content (AvgIpc) is 2.40. The molecule has 1 saturated carbocycles. The third-order valence-corrected chi connectivity index (χ3v) is 3.53. The molecule has 1 heterocycles. The summed E-state index contributed by atoms with van der Waals surface area (Å²) >= 11 is 0. The van der Waals surface area contributed by atoms with E-state index in [-0.39, 0.29) is 0 Å². The first-order valence-corrected chi connectivity index (χ1v) is 6.31. The Kier molecular flexibility index (Phi) is 3.69. The van der Waals surface area contributed by atoms with Crippen molar-refractivity contribution in [2.24, 2.45) is 5.73 Å². The minimum atomic E-state index is -0.945. The van der Waals surface area contributed by atoms with E-state index in [1.807, 2.05) is 0 Å². The van der Waals surface area contributed by atoms with Gasteiger partial charge in [-0.3, -0.25) is 4.79 Å². The zero-order valence-electron chi connectivity index (χ0n) is 10.6. The molecule has 0 aliphatic heterocycles. The van der Waals surface area contributed by atoms with Crippen molar-refractivity contribution in [2.45, 2.75) is 37.6 Å². The van der Waals surface area contributed by atoms with Crippen molar-refractivity contribution in [2.75, 3.05) is 5.32 Å². The van der Waals surface area contributed by atoms with Gasteiger partial charge in [-0.05, 0) is 25.0 Å². The second-order valence-corrected chi connectivity index (χ2v) is 4.87. The van der Waals surface area contributed by atoms with Crippen molar-refractivity contribution < 1.29 is 14.7 Å². The Morgan fingerprint density at radius 2 is 1.95 bits per heavy atom. The van der Waals surface area contributed by atoms with Gasteiger partial charge in [0.05, 0.1) is 5.56 Å². The predicted octanol–water partition coefficient (Wildman–Crippen LogP) is 1.38. The van der Waals surface area contributed by atoms with E-state index in [1.54, 1.807) is 6.07 Å². The summed E-state index contributed by atoms with van der Waals surface area (Å²) in [5, 5.41) is 12.4. The minimum Gasteiger partial charge on any atom is -0.480 e. The number of pyridine rings is 1. The molecule has 1 amide bonds. The molecule has 0 unspecified atom stereocenters. The lowest BCUT2D eigenvalue weighted by atomic mass is 9.81. The van der Waals surface area contributed by atoms with Crippen LogP contribution in [0.15, 0.2) is 18.3 Å². The van der Waals surface area contributed by atoms with Crippen molar-refractivity contribution in [3.63, 3.8) is 0 Å². The average molecular weight is 263 g/mol. The number of primary amides is 1. The maximum absolute atomic E-state index is 11.5. The number of carboxylic acid groups (broad SMARTS) is 1. The lowest BCUT2D eigenvalue weighted by molar-refractivity contribution is -0.143. The Bertz CT molecular complexity index is 478. The molecule has 1 aliphatic carbocycles. The van der Waals surface area contributed by atoms with Crippen LogP contribution in [0, 0.1) is 0 Å². The van der Waals surface area contributed by atoms with Crippen LogP contribution < -0.4 is 11.1 Å². The van der Waals surface area contributed by atoms with E-state index in [2.05, 4.69) is 10.3 Å². The molecule has 1 aliphatic rings. The highest BCUT2D eigenvalue weighted by Gasteiger charge is 2.39. The molecule has 0 saturated heterocycles. The number of aliphatic carboxylic acids is 1. The summed E-state index contributed by atoms with van der Waals surface area (Å²) in [4.78, 5) is 26.5. The minimum absolute atomic E-state index is 0.304. The van der Waals surface area contributed by atoms with Crippen LogP contribution in [0.1, 0.15) is 42.5 Å². The molecule has 102 valence electrons. The van der Waals surface area contributed by atoms with Gasteiger partial charge in [-0.1, -0.05) is 19.3 Å². The fraction of sp³-hybridized carbons (Fsp3) is 0.462. The summed E-state index contributed by atoms with van der Waals surface area (Å²) in [6, 6.07) is 3.12. The summed E-state index contributed by atoms with van der Waals surface area (Å²) in [5.41, 5.74) is 4.49. The largest absolute Gasteiger partial charge is 0.480 e. The van der Waals surface area contributed by atoms with Gasteiger partial charge in [0, 0.05) is 6.20 Å². The number of carbonyl (C=O) groups excluding carboxylic acids is 1. The van der Waals surface area contributed by atoms with Crippen molar-refractivity contribution in [3.05, 3.63) is 23.9 Å². The van der Waals surface area contributed by atoms with E-state index in [4.69, 9.17) is 5.73 Å². The van der Waals surface area contributed by atoms with Crippen LogP contribution in [0.25, 0.3) is 0 Å². The standard InChI is InChI=1S/C13H17N3O3/c14-11(17)9-4-5-10(15-8-9)16-13(12(18)19)6-2-1-3-7-13/h4-5,8H,1-3,6-7H2,(H2,14,17)(H,15,16)(H,18,19). The van der Waals surface area contributed by atoms with Gasteiger partial charge in [0.25, 0.3) is 0 Å². The highest BCUT2D eigenvalue weighted by atomic mass is 16.4. The van der Waals surface area contributed by atoms with Crippen LogP contribution >= 0.6 is 0 Å². The van der Waals surface area contributed by atoms with Crippen LogP contribution in [-0.4, -0.2) is 27.5 Å². The first-order chi connectivity index (χ1) is 9.03. The van der Waals surface area contributed by atoms with Gasteiger partial charge in [-0.15, -0.1) is 0 Å². The summed E-state index contributed by atoms with van der Waals surface area (Å²) in [7, 11) is 0. The number of rotatable bonds is 4. The van der Waals surface area contributed by atoms with Gasteiger partial charge in [0.2, 0.25) is 5.91 Å². The smallest absolute Gasteiger partial charge is 0.329 e. The molecule has 0 radical (unpaired) electrons. The van der Waals surface area contributed by atoms with E-state index in [1.165, 1.54) is 12.3 Å². The van der Waals surface area contributed by atoms with Crippen LogP contribution in [0.2, 0.25) is 0 Å². The van der Waals surface area contributed by atoms with Gasteiger partial charge >= 0.3 is 5.97 Å². The van der Waals surface area contributed by atoms with E-state index in [0.29, 0.717) is 24.2 Å². The number of hydrogen-bond donors (Lipinski definition) is 3. The molecule has 0 spiro atoms. The van der Waals surface area contributed by atoms with Crippen LogP contribution in [0.5, 0.6) is 0 Å². The molecule has 4 N–H and O–H groups in total. The van der Waals surface area contributed by atoms with Gasteiger partial charge in [-0.25, -0.2) is 9.78 Å². The SMILES string of the molecule is NC(=O)c1ccc(NC2(C(=O)O)CCCCC2)nc1. The monoisotopic (exact) mass is 263 g/mol. The Hall–Kier alpha value is -2.11. The highest BCUT2D eigenvalue weighted by molar-refractivity contribution is 5.92. The number of nitrogens with zero attached hydrogens (tertiary/aromatic N) is 1. The third-order valence-electron chi connectivity index (χ3n) is 3.53. The Balaban J connectivity index is 2.17. The van der Waals surface area contributed by atoms with Crippen molar-refractivity contribution in [1.29, 1.82) is 0 Å². The zero-order chi connectivity index (χ0) is 13.9. The highest BCUT2D eigenvalue weighted by Crippen LogP contribution is 2.31. The number of nitrogens with two attached hydrogens (primary N) is 1. The molecule has 6 heteroatoms. The summed E-state index contributed by atoms with van der Waals surface area (Å²) in [6.07, 6.45) is 5.36. The van der Waals surface area contributed by atoms with Gasteiger partial charge in [0.15, 0.2) is 0 Å². The Morgan fingerprint density at radius 3 is 2.42 bits per heavy atom. The molecule has 0 bridgehead atoms. The fourth-order valence-corrected chi connectivity index (χ4v) is 2.41. The third kappa shape index (κ3) is 2.83. The lowest BCUT2D eigenvalue weighted by Crippen LogP contribution is -2.48. The van der Waals surface area contributed by atoms with Gasteiger partial charge in [-0.2, -0.15) is 0 Å². The second-order valence-electron chi connectivity index (χ2n) is 4.87. The molecule has 0 atom stereocenters. The topological polar surface area (TPSA) is 105 Å². The molecule has 2 rings (SSSR count). The number of carbonyl (C=O) groups is 2. The number of nitrogens with one attached hydrogen (secondary N) is 1. The van der Waals surface area contributed by atoms with E-state index < -0.39 is 17.4 Å². The fourth-order valence-electron chi connectivity index (χ4n) is 2.41. The molecule has 1 aromatic rings. The zero-order valence-corrected chi connectivity index (χ0v) is 10.6. The van der Waals surface area contributed by atoms with Crippen LogP contribution in [0.4, 0.5) is 5.82 Å². The molecular formula is C13H17N3O3. The summed E-state index contributed by atoms with van der Waals surface area (Å²) < 4.78 is 0. The van der Waals surface area contributed by atoms with Crippen molar-refractivity contribution in [3.8, 4) is 0 Å². The Morgan fingerprint density at radius 1 is 1.26 bits per heavy atom. The lowest BCUT2D eigenvalue weighted by Gasteiger charge is -2.34. The molecule has 19 heavy (non-hydrogen) atoms. The van der Waals surface area contributed by atoms with Gasteiger partial charge in [0.1, 0.15) is 11.4 Å². The second kappa shape index (κ2) is 5.26. The van der Waals surface area contributed by atoms with Gasteiger partial charge < -0.3 is 16.2 Å². The van der Waals surface area contributed by atoms with Crippen molar-refractivity contribution in [1.82, 2.24) is 4.98 Å². The molecule has 1 aromatic heterocycles. The van der Waals surface area contributed by atoms with E-state index in [0.717, 1.165) is 19.3 Å². The number of anilines is 1. The molecular weight excluding hydrogens is 246 g/mol. The van der Waals surface area contributed by atoms with E-state index >= 15 is 0 Å². The number of hydrogen-bond acceptors (Lipinski definition) is 4. The predicted molar refractivity (Wildman–Crippen MR) is 69.8 cm³/mol.